The average Bonchev–Trinajstić information content (AvgIpc) is 2.34. The van der Waals surface area contributed by atoms with E-state index in [9.17, 15) is 4.79 Å². The van der Waals surface area contributed by atoms with Crippen LogP contribution in [0, 0.1) is 17.3 Å². The van der Waals surface area contributed by atoms with Crippen LogP contribution in [0.1, 0.15) is 40.5 Å². The van der Waals surface area contributed by atoms with Crippen LogP contribution in [0.4, 0.5) is 0 Å². The van der Waals surface area contributed by atoms with Crippen molar-refractivity contribution in [3.63, 3.8) is 0 Å². The van der Waals surface area contributed by atoms with Gasteiger partial charge < -0.3 is 15.4 Å². The topological polar surface area (TPSA) is 55.6 Å². The molecule has 1 aliphatic heterocycles. The lowest BCUT2D eigenvalue weighted by atomic mass is 9.63. The maximum Gasteiger partial charge on any atom is 0.243 e. The van der Waals surface area contributed by atoms with Gasteiger partial charge in [0.05, 0.1) is 6.61 Å². The van der Waals surface area contributed by atoms with Gasteiger partial charge >= 0.3 is 0 Å². The second-order valence-electron chi connectivity index (χ2n) is 6.40. The molecule has 0 aromatic rings. The molecule has 2 N–H and O–H groups in total. The molecule has 1 fully saturated rings. The summed E-state index contributed by atoms with van der Waals surface area (Å²) < 4.78 is 5.23. The molecule has 112 valence electrons. The first-order valence-corrected chi connectivity index (χ1v) is 7.47. The van der Waals surface area contributed by atoms with Crippen molar-refractivity contribution in [3.8, 4) is 0 Å². The van der Waals surface area contributed by atoms with Crippen LogP contribution in [-0.2, 0) is 9.53 Å². The molecule has 19 heavy (non-hydrogen) atoms. The Hall–Kier alpha value is -0.610. The molecule has 0 spiro atoms. The third kappa shape index (κ3) is 4.46. The van der Waals surface area contributed by atoms with E-state index in [1.54, 1.807) is 0 Å². The fourth-order valence-electron chi connectivity index (χ4n) is 3.38. The van der Waals surface area contributed by atoms with Gasteiger partial charge in [0.15, 0.2) is 0 Å². The van der Waals surface area contributed by atoms with E-state index in [4.69, 9.17) is 10.5 Å². The molecule has 0 radical (unpaired) electrons. The smallest absolute Gasteiger partial charge is 0.243 e. The number of amides is 1. The van der Waals surface area contributed by atoms with Gasteiger partial charge in [-0.3, -0.25) is 4.79 Å². The van der Waals surface area contributed by atoms with Crippen molar-refractivity contribution in [3.05, 3.63) is 0 Å². The molecular formula is C15H30N2O2. The minimum Gasteiger partial charge on any atom is -0.370 e. The molecule has 0 aromatic carbocycles. The monoisotopic (exact) mass is 270 g/mol. The molecule has 4 heteroatoms. The SMILES string of the molecule is CC(C)C1(C(C)C)CCN(CCOCC(N)=O)CC1. The van der Waals surface area contributed by atoms with Crippen LogP contribution >= 0.6 is 0 Å². The van der Waals surface area contributed by atoms with E-state index in [2.05, 4.69) is 32.6 Å². The van der Waals surface area contributed by atoms with E-state index >= 15 is 0 Å². The number of nitrogens with two attached hydrogens (primary N) is 1. The third-order valence-electron chi connectivity index (χ3n) is 4.88. The molecular weight excluding hydrogens is 240 g/mol. The minimum absolute atomic E-state index is 0.0375. The Morgan fingerprint density at radius 1 is 1.21 bits per heavy atom. The summed E-state index contributed by atoms with van der Waals surface area (Å²) in [6.45, 7) is 13.2. The summed E-state index contributed by atoms with van der Waals surface area (Å²) >= 11 is 0. The summed E-state index contributed by atoms with van der Waals surface area (Å²) in [7, 11) is 0. The van der Waals surface area contributed by atoms with Gasteiger partial charge in [-0.05, 0) is 43.2 Å². The number of primary amides is 1. The van der Waals surface area contributed by atoms with Crippen molar-refractivity contribution in [2.75, 3.05) is 32.8 Å². The van der Waals surface area contributed by atoms with E-state index < -0.39 is 5.91 Å². The Bertz CT molecular complexity index is 272. The predicted molar refractivity (Wildman–Crippen MR) is 77.8 cm³/mol. The second-order valence-corrected chi connectivity index (χ2v) is 6.40. The van der Waals surface area contributed by atoms with Crippen LogP contribution in [0.15, 0.2) is 0 Å². The summed E-state index contributed by atoms with van der Waals surface area (Å²) in [5.41, 5.74) is 5.53. The van der Waals surface area contributed by atoms with Gasteiger partial charge in [-0.15, -0.1) is 0 Å². The molecule has 0 saturated carbocycles. The molecule has 0 unspecified atom stereocenters. The highest BCUT2D eigenvalue weighted by Crippen LogP contribution is 2.44. The van der Waals surface area contributed by atoms with Gasteiger partial charge in [0.25, 0.3) is 0 Å². The first-order chi connectivity index (χ1) is 8.88. The van der Waals surface area contributed by atoms with Crippen molar-refractivity contribution in [1.29, 1.82) is 0 Å². The van der Waals surface area contributed by atoms with E-state index in [0.29, 0.717) is 12.0 Å². The summed E-state index contributed by atoms with van der Waals surface area (Å²) in [5.74, 6) is 1.08. The number of hydrogen-bond acceptors (Lipinski definition) is 3. The molecule has 0 bridgehead atoms. The second kappa shape index (κ2) is 7.25. The van der Waals surface area contributed by atoms with Crippen molar-refractivity contribution in [1.82, 2.24) is 4.90 Å². The highest BCUT2D eigenvalue weighted by atomic mass is 16.5. The van der Waals surface area contributed by atoms with Crippen molar-refractivity contribution < 1.29 is 9.53 Å². The van der Waals surface area contributed by atoms with Gasteiger partial charge in [0.1, 0.15) is 6.61 Å². The molecule has 1 heterocycles. The van der Waals surface area contributed by atoms with Crippen molar-refractivity contribution in [2.24, 2.45) is 23.0 Å². The molecule has 0 aliphatic carbocycles. The number of rotatable bonds is 7. The van der Waals surface area contributed by atoms with Crippen LogP contribution in [0.2, 0.25) is 0 Å². The number of carbonyl (C=O) groups is 1. The highest BCUT2D eigenvalue weighted by molar-refractivity contribution is 5.74. The summed E-state index contributed by atoms with van der Waals surface area (Å²) in [4.78, 5) is 13.0. The largest absolute Gasteiger partial charge is 0.370 e. The molecule has 4 nitrogen and oxygen atoms in total. The van der Waals surface area contributed by atoms with E-state index in [0.717, 1.165) is 31.5 Å². The lowest BCUT2D eigenvalue weighted by Gasteiger charge is -2.47. The molecule has 1 amide bonds. The molecule has 1 aliphatic rings. The number of piperidine rings is 1. The van der Waals surface area contributed by atoms with Crippen LogP contribution < -0.4 is 5.73 Å². The minimum atomic E-state index is -0.391. The molecule has 1 rings (SSSR count). The fraction of sp³-hybridized carbons (Fsp3) is 0.933. The third-order valence-corrected chi connectivity index (χ3v) is 4.88. The quantitative estimate of drug-likeness (QED) is 0.719. The summed E-state index contributed by atoms with van der Waals surface area (Å²) in [6.07, 6.45) is 2.52. The van der Waals surface area contributed by atoms with Crippen molar-refractivity contribution in [2.45, 2.75) is 40.5 Å². The van der Waals surface area contributed by atoms with Crippen molar-refractivity contribution >= 4 is 5.91 Å². The Morgan fingerprint density at radius 2 is 1.74 bits per heavy atom. The van der Waals surface area contributed by atoms with Crippen LogP contribution in [0.25, 0.3) is 0 Å². The molecule has 0 aromatic heterocycles. The van der Waals surface area contributed by atoms with E-state index in [1.165, 1.54) is 12.8 Å². The van der Waals surface area contributed by atoms with Gasteiger partial charge in [0, 0.05) is 6.54 Å². The zero-order chi connectivity index (χ0) is 14.5. The Kier molecular flexibility index (Phi) is 6.27. The first-order valence-electron chi connectivity index (χ1n) is 7.47. The Balaban J connectivity index is 2.33. The molecule has 1 saturated heterocycles. The predicted octanol–water partition coefficient (Wildman–Crippen LogP) is 1.88. The normalized spacial score (nSPS) is 20.1. The summed E-state index contributed by atoms with van der Waals surface area (Å²) in [6, 6.07) is 0. The maximum atomic E-state index is 10.6. The van der Waals surface area contributed by atoms with Gasteiger partial charge in [-0.25, -0.2) is 0 Å². The summed E-state index contributed by atoms with van der Waals surface area (Å²) in [5, 5.41) is 0. The van der Waals surface area contributed by atoms with Gasteiger partial charge in [-0.1, -0.05) is 27.7 Å². The number of hydrogen-bond donors (Lipinski definition) is 1. The zero-order valence-electron chi connectivity index (χ0n) is 12.9. The Morgan fingerprint density at radius 3 is 2.16 bits per heavy atom. The maximum absolute atomic E-state index is 10.6. The number of ether oxygens (including phenoxy) is 1. The van der Waals surface area contributed by atoms with Crippen LogP contribution in [-0.4, -0.2) is 43.7 Å². The van der Waals surface area contributed by atoms with Gasteiger partial charge in [0.2, 0.25) is 5.91 Å². The van der Waals surface area contributed by atoms with Gasteiger partial charge in [-0.2, -0.15) is 0 Å². The lowest BCUT2D eigenvalue weighted by Crippen LogP contribution is -2.46. The van der Waals surface area contributed by atoms with Crippen LogP contribution in [0.3, 0.4) is 0 Å². The number of likely N-dealkylation sites (tertiary alicyclic amines) is 1. The first kappa shape index (κ1) is 16.4. The van der Waals surface area contributed by atoms with Crippen LogP contribution in [0.5, 0.6) is 0 Å². The highest BCUT2D eigenvalue weighted by Gasteiger charge is 2.39. The molecule has 0 atom stereocenters. The van der Waals surface area contributed by atoms with E-state index in [-0.39, 0.29) is 6.61 Å². The lowest BCUT2D eigenvalue weighted by molar-refractivity contribution is -0.122. The zero-order valence-corrected chi connectivity index (χ0v) is 12.9. The fourth-order valence-corrected chi connectivity index (χ4v) is 3.38. The Labute approximate surface area is 117 Å². The average molecular weight is 270 g/mol. The number of nitrogens with zero attached hydrogens (tertiary/aromatic N) is 1. The van der Waals surface area contributed by atoms with E-state index in [1.807, 2.05) is 0 Å². The standard InChI is InChI=1S/C15H30N2O2/c1-12(2)15(13(3)4)5-7-17(8-6-15)9-10-19-11-14(16)18/h12-13H,5-11H2,1-4H3,(H2,16,18). The number of carbonyl (C=O) groups excluding carboxylic acids is 1.